The van der Waals surface area contributed by atoms with Crippen molar-refractivity contribution >= 4 is 11.9 Å². The SMILES string of the molecule is CCCCOc1cccc(C(=O)Oc2ccc(C(=O)OC)cc2)c1. The molecule has 2 aromatic carbocycles. The van der Waals surface area contributed by atoms with Crippen LogP contribution in [0, 0.1) is 0 Å². The molecule has 0 aliphatic heterocycles. The van der Waals surface area contributed by atoms with E-state index in [4.69, 9.17) is 9.47 Å². The first-order valence-electron chi connectivity index (χ1n) is 7.77. The molecule has 0 saturated carbocycles. The first-order chi connectivity index (χ1) is 11.6. The van der Waals surface area contributed by atoms with Gasteiger partial charge in [0.1, 0.15) is 11.5 Å². The third-order valence-corrected chi connectivity index (χ3v) is 3.32. The Morgan fingerprint density at radius 3 is 2.33 bits per heavy atom. The normalized spacial score (nSPS) is 10.1. The van der Waals surface area contributed by atoms with Gasteiger partial charge in [0.25, 0.3) is 0 Å². The molecule has 0 aromatic heterocycles. The van der Waals surface area contributed by atoms with Crippen LogP contribution in [0.15, 0.2) is 48.5 Å². The van der Waals surface area contributed by atoms with Crippen LogP contribution in [0.1, 0.15) is 40.5 Å². The lowest BCUT2D eigenvalue weighted by Gasteiger charge is -2.08. The van der Waals surface area contributed by atoms with E-state index in [1.807, 2.05) is 0 Å². The average Bonchev–Trinajstić information content (AvgIpc) is 2.62. The first-order valence-corrected chi connectivity index (χ1v) is 7.77. The van der Waals surface area contributed by atoms with Gasteiger partial charge in [0.15, 0.2) is 0 Å². The molecule has 2 rings (SSSR count). The number of methoxy groups -OCH3 is 1. The average molecular weight is 328 g/mol. The van der Waals surface area contributed by atoms with Gasteiger partial charge in [-0.25, -0.2) is 9.59 Å². The fourth-order valence-electron chi connectivity index (χ4n) is 1.99. The lowest BCUT2D eigenvalue weighted by molar-refractivity contribution is 0.0600. The zero-order valence-corrected chi connectivity index (χ0v) is 13.8. The molecular weight excluding hydrogens is 308 g/mol. The maximum atomic E-state index is 12.2. The molecule has 0 spiro atoms. The number of esters is 2. The maximum absolute atomic E-state index is 12.2. The number of hydrogen-bond acceptors (Lipinski definition) is 5. The highest BCUT2D eigenvalue weighted by Gasteiger charge is 2.11. The van der Waals surface area contributed by atoms with E-state index in [1.54, 1.807) is 48.5 Å². The summed E-state index contributed by atoms with van der Waals surface area (Å²) in [6.45, 7) is 2.70. The summed E-state index contributed by atoms with van der Waals surface area (Å²) in [6, 6.07) is 13.0. The monoisotopic (exact) mass is 328 g/mol. The molecule has 0 fully saturated rings. The van der Waals surface area contributed by atoms with Gasteiger partial charge in [-0.15, -0.1) is 0 Å². The number of benzene rings is 2. The number of carbonyl (C=O) groups is 2. The molecule has 0 atom stereocenters. The molecule has 0 heterocycles. The van der Waals surface area contributed by atoms with E-state index in [0.29, 0.717) is 29.2 Å². The first kappa shape index (κ1) is 17.5. The van der Waals surface area contributed by atoms with Crippen molar-refractivity contribution in [1.82, 2.24) is 0 Å². The molecule has 5 nitrogen and oxygen atoms in total. The highest BCUT2D eigenvalue weighted by molar-refractivity contribution is 5.92. The van der Waals surface area contributed by atoms with Crippen molar-refractivity contribution in [2.24, 2.45) is 0 Å². The van der Waals surface area contributed by atoms with Gasteiger partial charge in [-0.05, 0) is 48.9 Å². The second-order valence-electron chi connectivity index (χ2n) is 5.14. The molecule has 0 amide bonds. The minimum atomic E-state index is -0.484. The maximum Gasteiger partial charge on any atom is 0.343 e. The standard InChI is InChI=1S/C19H20O5/c1-3-4-12-23-17-7-5-6-15(13-17)19(21)24-16-10-8-14(9-11-16)18(20)22-2/h5-11,13H,3-4,12H2,1-2H3. The number of hydrogen-bond donors (Lipinski definition) is 0. The minimum Gasteiger partial charge on any atom is -0.494 e. The Morgan fingerprint density at radius 1 is 0.917 bits per heavy atom. The van der Waals surface area contributed by atoms with Gasteiger partial charge in [0.2, 0.25) is 0 Å². The summed E-state index contributed by atoms with van der Waals surface area (Å²) in [4.78, 5) is 23.6. The van der Waals surface area contributed by atoms with Gasteiger partial charge in [0.05, 0.1) is 24.8 Å². The quantitative estimate of drug-likeness (QED) is 0.438. The van der Waals surface area contributed by atoms with E-state index in [1.165, 1.54) is 7.11 Å². The Labute approximate surface area is 141 Å². The summed E-state index contributed by atoms with van der Waals surface area (Å²) in [7, 11) is 1.31. The van der Waals surface area contributed by atoms with Gasteiger partial charge in [0, 0.05) is 0 Å². The van der Waals surface area contributed by atoms with Crippen molar-refractivity contribution in [3.8, 4) is 11.5 Å². The Bertz CT molecular complexity index is 691. The van der Waals surface area contributed by atoms with Gasteiger partial charge in [-0.3, -0.25) is 0 Å². The van der Waals surface area contributed by atoms with E-state index in [0.717, 1.165) is 12.8 Å². The molecule has 0 bridgehead atoms. The van der Waals surface area contributed by atoms with Gasteiger partial charge < -0.3 is 14.2 Å². The van der Waals surface area contributed by atoms with Crippen LogP contribution in [0.3, 0.4) is 0 Å². The van der Waals surface area contributed by atoms with Crippen molar-refractivity contribution in [2.75, 3.05) is 13.7 Å². The summed E-state index contributed by atoms with van der Waals surface area (Å²) in [5.74, 6) is 0.0652. The van der Waals surface area contributed by atoms with E-state index < -0.39 is 11.9 Å². The summed E-state index contributed by atoms with van der Waals surface area (Å²) < 4.78 is 15.5. The third kappa shape index (κ3) is 4.84. The van der Waals surface area contributed by atoms with Crippen LogP contribution in [0.5, 0.6) is 11.5 Å². The van der Waals surface area contributed by atoms with Gasteiger partial charge in [-0.1, -0.05) is 19.4 Å². The predicted octanol–water partition coefficient (Wildman–Crippen LogP) is 3.87. The van der Waals surface area contributed by atoms with Gasteiger partial charge in [-0.2, -0.15) is 0 Å². The largest absolute Gasteiger partial charge is 0.494 e. The zero-order valence-electron chi connectivity index (χ0n) is 13.8. The Kier molecular flexibility index (Phi) is 6.37. The molecule has 24 heavy (non-hydrogen) atoms. The van der Waals surface area contributed by atoms with Crippen molar-refractivity contribution in [1.29, 1.82) is 0 Å². The van der Waals surface area contributed by atoms with Crippen LogP contribution in [0.4, 0.5) is 0 Å². The van der Waals surface area contributed by atoms with Crippen LogP contribution < -0.4 is 9.47 Å². The molecule has 0 unspecified atom stereocenters. The highest BCUT2D eigenvalue weighted by Crippen LogP contribution is 2.18. The van der Waals surface area contributed by atoms with Crippen LogP contribution in [0.25, 0.3) is 0 Å². The third-order valence-electron chi connectivity index (χ3n) is 3.32. The predicted molar refractivity (Wildman–Crippen MR) is 89.6 cm³/mol. The Morgan fingerprint density at radius 2 is 1.67 bits per heavy atom. The fraction of sp³-hybridized carbons (Fsp3) is 0.263. The molecule has 5 heteroatoms. The van der Waals surface area contributed by atoms with Crippen LogP contribution in [0.2, 0.25) is 0 Å². The number of unbranched alkanes of at least 4 members (excludes halogenated alkanes) is 1. The topological polar surface area (TPSA) is 61.8 Å². The molecule has 0 saturated heterocycles. The Balaban J connectivity index is 2.01. The van der Waals surface area contributed by atoms with E-state index in [2.05, 4.69) is 11.7 Å². The summed E-state index contributed by atoms with van der Waals surface area (Å²) in [5, 5.41) is 0. The molecule has 0 radical (unpaired) electrons. The van der Waals surface area contributed by atoms with Crippen molar-refractivity contribution in [3.63, 3.8) is 0 Å². The summed E-state index contributed by atoms with van der Waals surface area (Å²) >= 11 is 0. The second-order valence-corrected chi connectivity index (χ2v) is 5.14. The van der Waals surface area contributed by atoms with Crippen LogP contribution in [-0.4, -0.2) is 25.7 Å². The number of carbonyl (C=O) groups excluding carboxylic acids is 2. The van der Waals surface area contributed by atoms with Crippen molar-refractivity contribution in [2.45, 2.75) is 19.8 Å². The number of ether oxygens (including phenoxy) is 3. The fourth-order valence-corrected chi connectivity index (χ4v) is 1.99. The molecule has 2 aromatic rings. The molecular formula is C19H20O5. The molecule has 0 aliphatic rings. The van der Waals surface area contributed by atoms with Crippen LogP contribution >= 0.6 is 0 Å². The van der Waals surface area contributed by atoms with Crippen molar-refractivity contribution in [3.05, 3.63) is 59.7 Å². The second kappa shape index (κ2) is 8.72. The highest BCUT2D eigenvalue weighted by atomic mass is 16.5. The smallest absolute Gasteiger partial charge is 0.343 e. The summed E-state index contributed by atoms with van der Waals surface area (Å²) in [6.07, 6.45) is 2.00. The zero-order chi connectivity index (χ0) is 17.4. The van der Waals surface area contributed by atoms with E-state index in [9.17, 15) is 9.59 Å². The lowest BCUT2D eigenvalue weighted by atomic mass is 10.2. The van der Waals surface area contributed by atoms with E-state index in [-0.39, 0.29) is 0 Å². The van der Waals surface area contributed by atoms with Crippen LogP contribution in [-0.2, 0) is 4.74 Å². The molecule has 0 aliphatic carbocycles. The van der Waals surface area contributed by atoms with E-state index >= 15 is 0 Å². The van der Waals surface area contributed by atoms with Gasteiger partial charge >= 0.3 is 11.9 Å². The molecule has 126 valence electrons. The number of rotatable bonds is 7. The van der Waals surface area contributed by atoms with Crippen molar-refractivity contribution < 1.29 is 23.8 Å². The minimum absolute atomic E-state index is 0.352. The molecule has 0 N–H and O–H groups in total. The Hall–Kier alpha value is -2.82. The summed E-state index contributed by atoms with van der Waals surface area (Å²) in [5.41, 5.74) is 0.796. The lowest BCUT2D eigenvalue weighted by Crippen LogP contribution is -2.09.